The molecule has 0 aliphatic carbocycles. The van der Waals surface area contributed by atoms with Crippen LogP contribution in [0.15, 0.2) is 61.2 Å². The van der Waals surface area contributed by atoms with Crippen molar-refractivity contribution in [2.45, 2.75) is 12.6 Å². The molecule has 0 unspecified atom stereocenters. The Hall–Kier alpha value is -3.58. The van der Waals surface area contributed by atoms with E-state index in [9.17, 15) is 5.11 Å². The average molecular weight is 460 g/mol. The fourth-order valence-corrected chi connectivity index (χ4v) is 4.23. The monoisotopic (exact) mass is 459 g/mol. The minimum absolute atomic E-state index is 0.0351. The van der Waals surface area contributed by atoms with Crippen molar-refractivity contribution >= 4 is 0 Å². The van der Waals surface area contributed by atoms with E-state index in [2.05, 4.69) is 50.0 Å². The number of nitrogens with zero attached hydrogens (tertiary/aromatic N) is 7. The Kier molecular flexibility index (Phi) is 7.99. The number of aromatic hydroxyl groups is 1. The largest absolute Gasteiger partial charge is 0.508 e. The van der Waals surface area contributed by atoms with Gasteiger partial charge in [0.05, 0.1) is 25.3 Å². The maximum Gasteiger partial charge on any atom is 0.204 e. The van der Waals surface area contributed by atoms with Crippen molar-refractivity contribution in [2.24, 2.45) is 0 Å². The van der Waals surface area contributed by atoms with Crippen LogP contribution in [0.4, 0.5) is 0 Å². The number of tetrazole rings is 1. The van der Waals surface area contributed by atoms with Crippen molar-refractivity contribution in [2.75, 3.05) is 45.9 Å². The standard InChI is InChI=1S/C25H29N7O2/c1-2-11-30-12-14-31(15-13-30)24(22-4-3-5-23(33)19-22)20-6-8-21(9-7-20)25-27-29-32(28-25)16-18-34-17-10-26/h2-9,19,24,33H,1,11-18H2/t24-/m1/s1. The first-order chi connectivity index (χ1) is 16.7. The maximum absolute atomic E-state index is 10.1. The van der Waals surface area contributed by atoms with Crippen molar-refractivity contribution in [1.29, 1.82) is 5.26 Å². The van der Waals surface area contributed by atoms with Crippen molar-refractivity contribution in [3.8, 4) is 23.2 Å². The summed E-state index contributed by atoms with van der Waals surface area (Å²) < 4.78 is 5.15. The molecular weight excluding hydrogens is 430 g/mol. The van der Waals surface area contributed by atoms with Crippen LogP contribution < -0.4 is 0 Å². The molecule has 2 aromatic carbocycles. The molecule has 1 aromatic heterocycles. The van der Waals surface area contributed by atoms with Gasteiger partial charge >= 0.3 is 0 Å². The van der Waals surface area contributed by atoms with Gasteiger partial charge in [0, 0.05) is 38.3 Å². The van der Waals surface area contributed by atoms with Gasteiger partial charge in [-0.25, -0.2) is 0 Å². The van der Waals surface area contributed by atoms with Crippen LogP contribution in [0.1, 0.15) is 17.2 Å². The number of rotatable bonds is 10. The highest BCUT2D eigenvalue weighted by molar-refractivity contribution is 5.55. The highest BCUT2D eigenvalue weighted by Crippen LogP contribution is 2.32. The van der Waals surface area contributed by atoms with Gasteiger partial charge in [0.15, 0.2) is 0 Å². The normalized spacial score (nSPS) is 15.6. The predicted molar refractivity (Wildman–Crippen MR) is 128 cm³/mol. The fourth-order valence-electron chi connectivity index (χ4n) is 4.23. The minimum Gasteiger partial charge on any atom is -0.508 e. The number of benzene rings is 2. The molecule has 4 rings (SSSR count). The molecule has 34 heavy (non-hydrogen) atoms. The number of hydrogen-bond donors (Lipinski definition) is 1. The van der Waals surface area contributed by atoms with E-state index in [1.807, 2.05) is 36.4 Å². The summed E-state index contributed by atoms with van der Waals surface area (Å²) in [5.74, 6) is 0.808. The van der Waals surface area contributed by atoms with E-state index < -0.39 is 0 Å². The third kappa shape index (κ3) is 5.85. The number of nitriles is 1. The minimum atomic E-state index is 0.0351. The van der Waals surface area contributed by atoms with Crippen molar-refractivity contribution in [3.05, 3.63) is 72.3 Å². The lowest BCUT2D eigenvalue weighted by molar-refractivity contribution is 0.117. The smallest absolute Gasteiger partial charge is 0.204 e. The molecule has 3 aromatic rings. The number of piperazine rings is 1. The second-order valence-electron chi connectivity index (χ2n) is 8.16. The van der Waals surface area contributed by atoms with E-state index in [-0.39, 0.29) is 18.4 Å². The molecule has 0 amide bonds. The second kappa shape index (κ2) is 11.5. The van der Waals surface area contributed by atoms with E-state index in [1.54, 1.807) is 6.07 Å². The van der Waals surface area contributed by atoms with E-state index in [0.29, 0.717) is 19.0 Å². The number of phenols is 1. The number of ether oxygens (including phenoxy) is 1. The van der Waals surface area contributed by atoms with Crippen molar-refractivity contribution in [1.82, 2.24) is 30.0 Å². The van der Waals surface area contributed by atoms with Crippen LogP contribution in [0.3, 0.4) is 0 Å². The molecule has 176 valence electrons. The van der Waals surface area contributed by atoms with Gasteiger partial charge in [-0.1, -0.05) is 42.5 Å². The first-order valence-electron chi connectivity index (χ1n) is 11.4. The topological polar surface area (TPSA) is 103 Å². The third-order valence-corrected chi connectivity index (χ3v) is 5.88. The van der Waals surface area contributed by atoms with Crippen LogP contribution >= 0.6 is 0 Å². The van der Waals surface area contributed by atoms with Gasteiger partial charge in [0.25, 0.3) is 0 Å². The highest BCUT2D eigenvalue weighted by Gasteiger charge is 2.26. The van der Waals surface area contributed by atoms with E-state index in [0.717, 1.165) is 49.4 Å². The fraction of sp³-hybridized carbons (Fsp3) is 0.360. The summed E-state index contributed by atoms with van der Waals surface area (Å²) in [5, 5.41) is 31.3. The Labute approximate surface area is 199 Å². The Bertz CT molecular complexity index is 1110. The lowest BCUT2D eigenvalue weighted by atomic mass is 9.95. The Balaban J connectivity index is 1.52. The van der Waals surface area contributed by atoms with Gasteiger partial charge in [0.2, 0.25) is 5.82 Å². The molecule has 1 aliphatic rings. The van der Waals surface area contributed by atoms with Crippen molar-refractivity contribution in [3.63, 3.8) is 0 Å². The number of hydrogen-bond acceptors (Lipinski definition) is 8. The zero-order valence-electron chi connectivity index (χ0n) is 19.1. The first-order valence-corrected chi connectivity index (χ1v) is 11.4. The summed E-state index contributed by atoms with van der Waals surface area (Å²) in [6, 6.07) is 17.7. The molecule has 1 N–H and O–H groups in total. The zero-order valence-corrected chi connectivity index (χ0v) is 19.1. The quantitative estimate of drug-likeness (QED) is 0.364. The second-order valence-corrected chi connectivity index (χ2v) is 8.16. The summed E-state index contributed by atoms with van der Waals surface area (Å²) in [4.78, 5) is 6.32. The first kappa shape index (κ1) is 23.6. The number of phenolic OH excluding ortho intramolecular Hbond substituents is 1. The van der Waals surface area contributed by atoms with Crippen LogP contribution in [0.2, 0.25) is 0 Å². The zero-order chi connectivity index (χ0) is 23.8. The van der Waals surface area contributed by atoms with Gasteiger partial charge < -0.3 is 9.84 Å². The molecule has 0 radical (unpaired) electrons. The molecular formula is C25H29N7O2. The number of aromatic nitrogens is 4. The molecule has 1 saturated heterocycles. The SMILES string of the molecule is C=CCN1CCN([C@H](c2ccc(-c3nnn(CCOCC#N)n3)cc2)c2cccc(O)c2)CC1. The molecule has 9 heteroatoms. The van der Waals surface area contributed by atoms with Crippen LogP contribution in [-0.4, -0.2) is 81.1 Å². The molecule has 0 bridgehead atoms. The van der Waals surface area contributed by atoms with Crippen LogP contribution in [-0.2, 0) is 11.3 Å². The molecule has 9 nitrogen and oxygen atoms in total. The Morgan fingerprint density at radius 1 is 1.12 bits per heavy atom. The summed E-state index contributed by atoms with van der Waals surface area (Å²) in [5.41, 5.74) is 3.08. The van der Waals surface area contributed by atoms with E-state index in [4.69, 9.17) is 10.00 Å². The van der Waals surface area contributed by atoms with Gasteiger partial charge in [-0.3, -0.25) is 9.80 Å². The maximum atomic E-state index is 10.1. The van der Waals surface area contributed by atoms with Gasteiger partial charge in [-0.2, -0.15) is 10.1 Å². The van der Waals surface area contributed by atoms with Gasteiger partial charge in [-0.15, -0.1) is 16.8 Å². The third-order valence-electron chi connectivity index (χ3n) is 5.88. The molecule has 1 atom stereocenters. The Morgan fingerprint density at radius 3 is 2.62 bits per heavy atom. The highest BCUT2D eigenvalue weighted by atomic mass is 16.5. The van der Waals surface area contributed by atoms with Crippen molar-refractivity contribution < 1.29 is 9.84 Å². The average Bonchev–Trinajstić information content (AvgIpc) is 3.33. The van der Waals surface area contributed by atoms with Gasteiger partial charge in [0.1, 0.15) is 12.4 Å². The van der Waals surface area contributed by atoms with E-state index in [1.165, 1.54) is 4.80 Å². The van der Waals surface area contributed by atoms with Gasteiger partial charge in [-0.05, 0) is 28.5 Å². The summed E-state index contributed by atoms with van der Waals surface area (Å²) in [6.07, 6.45) is 1.95. The molecule has 0 saturated carbocycles. The van der Waals surface area contributed by atoms with Crippen LogP contribution in [0.5, 0.6) is 5.75 Å². The molecule has 2 heterocycles. The lowest BCUT2D eigenvalue weighted by Gasteiger charge is -2.39. The van der Waals surface area contributed by atoms with Crippen LogP contribution in [0.25, 0.3) is 11.4 Å². The van der Waals surface area contributed by atoms with Crippen LogP contribution in [0, 0.1) is 11.3 Å². The summed E-state index contributed by atoms with van der Waals surface area (Å²) >= 11 is 0. The summed E-state index contributed by atoms with van der Waals surface area (Å²) in [7, 11) is 0. The van der Waals surface area contributed by atoms with E-state index >= 15 is 0 Å². The molecule has 1 fully saturated rings. The molecule has 0 spiro atoms. The predicted octanol–water partition coefficient (Wildman–Crippen LogP) is 2.48. The molecule has 1 aliphatic heterocycles. The Morgan fingerprint density at radius 2 is 1.91 bits per heavy atom. The lowest BCUT2D eigenvalue weighted by Crippen LogP contribution is -2.47. The summed E-state index contributed by atoms with van der Waals surface area (Å²) in [6.45, 7) is 9.41.